The standard InChI is InChI=1S/C31H36N2O4.C27H29N3O3.C16H24O4.C15H13ClN2O.C2H4Cl2/c1-30(2,3)37-29(36)31(17-9-10-18-31)24(19-20-15-16-20)27(34)32-26-23-13-6-5-11-21(23)22-12-7-8-14-25(22)33(4)28(26)35;1-30-22-11-5-4-9-19(22)18-8-2-3-10-20(18)23(25(30)32)29-24(31)21(16-17-12-13-17)27(26(28)33)14-6-7-15-27;1-15(2,3)20-14(19)16(8-4-5-9-16)12(13(17)18)10-11-6-7-11;1-18-13-9-5-4-7-11(13)10-6-2-3-8-12(10)14(17-16)15(18)19;1-2(3)4/h5-14,20,24,26H,15-19H2,1-4H3,(H,32,34);2-11,17,21,23H,12-16H2,1H3,(H2,28,33)(H,29,31);4-5,11-12H,6-10H2,1-3H3,(H,17,18);2-9,14,17H,1H3;2H,1H3/t24-,26?;21-,23?;12-;;/m000../s1. The normalized spacial score (nSPS) is 20.5. The number of hydrogen-bond donors (Lipinski definition) is 5. The Morgan fingerprint density at radius 3 is 0.991 bits per heavy atom. The number of ether oxygens (including phenoxy) is 2. The molecule has 6 aromatic rings. The van der Waals surface area contributed by atoms with Crippen LogP contribution in [0.4, 0.5) is 17.1 Å². The number of esters is 2. The molecular formula is C91H106Cl3N7O12. The molecule has 6 atom stereocenters. The summed E-state index contributed by atoms with van der Waals surface area (Å²) in [5.74, 6) is -3.46. The van der Waals surface area contributed by atoms with Gasteiger partial charge in [0.25, 0.3) is 11.8 Å². The maximum Gasteiger partial charge on any atom is 0.314 e. The van der Waals surface area contributed by atoms with Crippen LogP contribution in [0.2, 0.25) is 0 Å². The van der Waals surface area contributed by atoms with Crippen LogP contribution < -0.4 is 35.9 Å². The lowest BCUT2D eigenvalue weighted by atomic mass is 9.69. The van der Waals surface area contributed by atoms with Gasteiger partial charge in [0.15, 0.2) is 0 Å². The lowest BCUT2D eigenvalue weighted by molar-refractivity contribution is -0.176. The second-order valence-electron chi connectivity index (χ2n) is 33.5. The predicted octanol–water partition coefficient (Wildman–Crippen LogP) is 17.4. The number of carbonyl (C=O) groups is 9. The Hall–Kier alpha value is -9.40. The summed E-state index contributed by atoms with van der Waals surface area (Å²) in [7, 11) is 5.25. The maximum absolute atomic E-state index is 14.2. The number of amides is 6. The minimum Gasteiger partial charge on any atom is -0.481 e. The van der Waals surface area contributed by atoms with Crippen molar-refractivity contribution in [2.24, 2.45) is 57.5 Å². The average Bonchev–Trinajstić information content (AvgIpc) is 1.37. The molecule has 22 heteroatoms. The van der Waals surface area contributed by atoms with Crippen molar-refractivity contribution in [1.29, 1.82) is 0 Å². The smallest absolute Gasteiger partial charge is 0.314 e. The van der Waals surface area contributed by atoms with Crippen molar-refractivity contribution >= 4 is 105 Å². The Morgan fingerprint density at radius 1 is 0.442 bits per heavy atom. The quantitative estimate of drug-likeness (QED) is 0.0232. The Bertz CT molecular complexity index is 4620. The van der Waals surface area contributed by atoms with Crippen LogP contribution in [-0.2, 0) is 52.6 Å². The average molecular weight is 1600 g/mol. The minimum atomic E-state index is -0.956. The number of nitrogens with two attached hydrogens (primary N) is 1. The Balaban J connectivity index is 0.000000152. The SMILES string of the molecule is CC(C)(C)OC(=O)C1([C@@H](CC2CC2)C(=O)O)CC=CC1.CC(Cl)Cl.CN1C(=O)C(NC(=O)[C@H](CC2CC2)C2(C(=O)OC(C)(C)C)CC=CC2)c2ccccc2-c2ccccc21.CN1C(=O)C(NC(=O)[C@H](CC2CC2)C2(C(N)=O)CC=CC2)c2ccccc2-c2ccccc21.CN1C(=O)C(NCl)c2ccccc2-c2ccccc21. The molecule has 598 valence electrons. The largest absolute Gasteiger partial charge is 0.481 e. The van der Waals surface area contributed by atoms with Gasteiger partial charge in [0, 0.05) is 37.8 Å². The zero-order valence-electron chi connectivity index (χ0n) is 66.2. The summed E-state index contributed by atoms with van der Waals surface area (Å²) in [6.45, 7) is 12.7. The number of hydrogen-bond acceptors (Lipinski definition) is 12. The fourth-order valence-electron chi connectivity index (χ4n) is 16.6. The van der Waals surface area contributed by atoms with Gasteiger partial charge in [-0.1, -0.05) is 202 Å². The van der Waals surface area contributed by atoms with E-state index in [2.05, 4.69) is 15.5 Å². The molecule has 0 bridgehead atoms. The van der Waals surface area contributed by atoms with Gasteiger partial charge in [-0.25, -0.2) is 4.84 Å². The lowest BCUT2D eigenvalue weighted by Gasteiger charge is -2.37. The van der Waals surface area contributed by atoms with Crippen molar-refractivity contribution in [3.8, 4) is 33.4 Å². The number of alkyl halides is 2. The van der Waals surface area contributed by atoms with Gasteiger partial charge in [-0.15, -0.1) is 23.2 Å². The highest BCUT2D eigenvalue weighted by Gasteiger charge is 2.56. The third-order valence-corrected chi connectivity index (χ3v) is 23.3. The van der Waals surface area contributed by atoms with Crippen molar-refractivity contribution in [2.75, 3.05) is 35.8 Å². The number of fused-ring (bicyclic) bond motifs is 9. The van der Waals surface area contributed by atoms with Crippen LogP contribution >= 0.6 is 35.0 Å². The van der Waals surface area contributed by atoms with Crippen LogP contribution in [0, 0.1) is 51.8 Å². The summed E-state index contributed by atoms with van der Waals surface area (Å²) in [6.07, 6.45) is 22.7. The lowest BCUT2D eigenvalue weighted by Crippen LogP contribution is -2.51. The number of aliphatic carboxylic acids is 1. The number of carbonyl (C=O) groups excluding carboxylic acids is 8. The number of para-hydroxylation sites is 3. The molecule has 15 rings (SSSR count). The molecule has 3 fully saturated rings. The first kappa shape index (κ1) is 84.5. The number of anilines is 3. The minimum absolute atomic E-state index is 0.0626. The van der Waals surface area contributed by atoms with Gasteiger partial charge < -0.3 is 45.6 Å². The first-order chi connectivity index (χ1) is 53.7. The van der Waals surface area contributed by atoms with E-state index in [0.717, 1.165) is 106 Å². The van der Waals surface area contributed by atoms with E-state index in [1.165, 1.54) is 0 Å². The predicted molar refractivity (Wildman–Crippen MR) is 444 cm³/mol. The van der Waals surface area contributed by atoms with Gasteiger partial charge in [-0.3, -0.25) is 43.2 Å². The van der Waals surface area contributed by atoms with Crippen LogP contribution in [0.1, 0.15) is 180 Å². The summed E-state index contributed by atoms with van der Waals surface area (Å²) in [6, 6.07) is 44.5. The second-order valence-corrected chi connectivity index (χ2v) is 35.2. The molecule has 6 aromatic carbocycles. The van der Waals surface area contributed by atoms with Crippen LogP contribution in [-0.4, -0.2) is 95.6 Å². The van der Waals surface area contributed by atoms with Crippen LogP contribution in [0.25, 0.3) is 33.4 Å². The van der Waals surface area contributed by atoms with E-state index in [0.29, 0.717) is 75.5 Å². The Labute approximate surface area is 678 Å². The number of likely N-dealkylation sites (N-methyl/N-ethyl adjacent to an activating group) is 3. The molecule has 19 nitrogen and oxygen atoms in total. The molecule has 6 aliphatic carbocycles. The number of primary amides is 1. The van der Waals surface area contributed by atoms with E-state index in [-0.39, 0.29) is 46.3 Å². The zero-order chi connectivity index (χ0) is 81.5. The molecular weight excluding hydrogens is 1490 g/mol. The number of carboxylic acid groups (broad SMARTS) is 1. The fourth-order valence-corrected chi connectivity index (χ4v) is 16.8. The van der Waals surface area contributed by atoms with E-state index in [1.54, 1.807) is 42.8 Å². The molecule has 9 aliphatic rings. The summed E-state index contributed by atoms with van der Waals surface area (Å²) >= 11 is 15.9. The van der Waals surface area contributed by atoms with Crippen molar-refractivity contribution in [2.45, 2.75) is 179 Å². The zero-order valence-corrected chi connectivity index (χ0v) is 68.5. The number of nitrogens with one attached hydrogen (secondary N) is 3. The number of rotatable bonds is 18. The van der Waals surface area contributed by atoms with Crippen molar-refractivity contribution < 1.29 is 57.7 Å². The third-order valence-electron chi connectivity index (χ3n) is 23.1. The summed E-state index contributed by atoms with van der Waals surface area (Å²) < 4.78 is 11.4. The van der Waals surface area contributed by atoms with Crippen molar-refractivity contribution in [1.82, 2.24) is 15.5 Å². The third kappa shape index (κ3) is 19.2. The Kier molecular flexibility index (Phi) is 26.6. The number of allylic oxidation sites excluding steroid dienone is 6. The van der Waals surface area contributed by atoms with Crippen LogP contribution in [0.15, 0.2) is 182 Å². The van der Waals surface area contributed by atoms with Gasteiger partial charge in [0.05, 0.1) is 51.1 Å². The van der Waals surface area contributed by atoms with Gasteiger partial charge in [-0.05, 0) is 187 Å². The van der Waals surface area contributed by atoms with E-state index < -0.39 is 75.2 Å². The molecule has 0 radical (unpaired) electrons. The van der Waals surface area contributed by atoms with Gasteiger partial charge in [-0.2, -0.15) is 0 Å². The van der Waals surface area contributed by atoms with E-state index in [9.17, 15) is 48.3 Å². The topological polar surface area (TPSA) is 264 Å². The van der Waals surface area contributed by atoms with Gasteiger partial charge >= 0.3 is 17.9 Å². The van der Waals surface area contributed by atoms with Crippen molar-refractivity contribution in [3.63, 3.8) is 0 Å². The van der Waals surface area contributed by atoms with E-state index in [1.807, 2.05) is 224 Å². The molecule has 3 heterocycles. The van der Waals surface area contributed by atoms with Crippen LogP contribution in [0.3, 0.4) is 0 Å². The molecule has 0 saturated heterocycles. The van der Waals surface area contributed by atoms with Gasteiger partial charge in [0.1, 0.15) is 34.2 Å². The molecule has 0 aromatic heterocycles. The highest BCUT2D eigenvalue weighted by molar-refractivity contribution is 6.43. The number of nitrogens with zero attached hydrogens (tertiary/aromatic N) is 3. The Morgan fingerprint density at radius 2 is 0.699 bits per heavy atom. The summed E-state index contributed by atoms with van der Waals surface area (Å²) in [5.41, 5.74) is 12.6. The first-order valence-corrected chi connectivity index (χ1v) is 40.6. The number of benzene rings is 6. The highest BCUT2D eigenvalue weighted by Crippen LogP contribution is 2.53. The second kappa shape index (κ2) is 35.6. The molecule has 3 unspecified atom stereocenters. The molecule has 3 saturated carbocycles. The summed E-state index contributed by atoms with van der Waals surface area (Å²) in [4.78, 5) is 126. The van der Waals surface area contributed by atoms with Gasteiger partial charge in [0.2, 0.25) is 23.6 Å². The maximum atomic E-state index is 14.2. The first-order valence-electron chi connectivity index (χ1n) is 39.3. The van der Waals surface area contributed by atoms with Crippen molar-refractivity contribution in [3.05, 3.63) is 199 Å². The van der Waals surface area contributed by atoms with Crippen LogP contribution in [0.5, 0.6) is 0 Å². The van der Waals surface area contributed by atoms with E-state index in [4.69, 9.17) is 50.2 Å². The highest BCUT2D eigenvalue weighted by atomic mass is 35.5. The number of halogens is 3. The monoisotopic (exact) mass is 1590 g/mol. The summed E-state index contributed by atoms with van der Waals surface area (Å²) in [5, 5.41) is 15.8. The molecule has 113 heavy (non-hydrogen) atoms. The molecule has 0 spiro atoms. The molecule has 6 amide bonds. The van der Waals surface area contributed by atoms with E-state index >= 15 is 0 Å². The molecule has 6 N–H and O–H groups in total. The fraction of sp³-hybridized carbons (Fsp3) is 0.440. The molecule has 3 aliphatic heterocycles. The number of carboxylic acids is 1.